The summed E-state index contributed by atoms with van der Waals surface area (Å²) in [5.41, 5.74) is 2.00. The predicted molar refractivity (Wildman–Crippen MR) is 66.0 cm³/mol. The van der Waals surface area contributed by atoms with Crippen LogP contribution < -0.4 is 0 Å². The zero-order chi connectivity index (χ0) is 13.2. The van der Waals surface area contributed by atoms with Gasteiger partial charge in [-0.1, -0.05) is 24.3 Å². The van der Waals surface area contributed by atoms with E-state index in [1.54, 1.807) is 0 Å². The number of hydrogen-bond acceptors (Lipinski definition) is 4. The van der Waals surface area contributed by atoms with Crippen molar-refractivity contribution in [1.82, 2.24) is 0 Å². The number of methoxy groups -OCH3 is 1. The molecule has 1 aliphatic heterocycles. The van der Waals surface area contributed by atoms with Gasteiger partial charge in [-0.3, -0.25) is 4.79 Å². The Morgan fingerprint density at radius 3 is 2.56 bits per heavy atom. The van der Waals surface area contributed by atoms with Crippen LogP contribution in [-0.2, 0) is 25.4 Å². The maximum atomic E-state index is 11.1. The van der Waals surface area contributed by atoms with Gasteiger partial charge < -0.3 is 14.2 Å². The first kappa shape index (κ1) is 13.1. The molecule has 18 heavy (non-hydrogen) atoms. The Hall–Kier alpha value is -1.39. The van der Waals surface area contributed by atoms with Gasteiger partial charge in [0.15, 0.2) is 5.79 Å². The van der Waals surface area contributed by atoms with Crippen molar-refractivity contribution in [3.8, 4) is 0 Å². The van der Waals surface area contributed by atoms with Gasteiger partial charge in [0.1, 0.15) is 6.10 Å². The molecule has 0 N–H and O–H groups in total. The molecule has 1 aromatic rings. The van der Waals surface area contributed by atoms with Crippen LogP contribution in [0.3, 0.4) is 0 Å². The van der Waals surface area contributed by atoms with E-state index in [4.69, 9.17) is 9.47 Å². The van der Waals surface area contributed by atoms with Crippen LogP contribution in [0.5, 0.6) is 0 Å². The standard InChI is InChI=1S/C14H18O4/c1-14(2)17-9-12(18-14)11-6-4-10(5-7-11)8-13(15)16-3/h4-7,12H,8-9H2,1-3H3. The lowest BCUT2D eigenvalue weighted by Crippen LogP contribution is -2.19. The lowest BCUT2D eigenvalue weighted by atomic mass is 10.1. The molecule has 98 valence electrons. The second kappa shape index (κ2) is 5.08. The summed E-state index contributed by atoms with van der Waals surface area (Å²) in [6, 6.07) is 7.77. The monoisotopic (exact) mass is 250 g/mol. The molecule has 1 atom stereocenters. The summed E-state index contributed by atoms with van der Waals surface area (Å²) in [6.07, 6.45) is 0.261. The molecule has 1 aliphatic rings. The predicted octanol–water partition coefficient (Wildman–Crippen LogP) is 2.23. The van der Waals surface area contributed by atoms with Gasteiger partial charge >= 0.3 is 5.97 Å². The zero-order valence-corrected chi connectivity index (χ0v) is 10.9. The van der Waals surface area contributed by atoms with E-state index in [1.807, 2.05) is 38.1 Å². The average Bonchev–Trinajstić information content (AvgIpc) is 2.70. The number of carbonyl (C=O) groups is 1. The number of rotatable bonds is 3. The summed E-state index contributed by atoms with van der Waals surface area (Å²) in [5.74, 6) is -0.751. The van der Waals surface area contributed by atoms with Crippen LogP contribution in [0, 0.1) is 0 Å². The van der Waals surface area contributed by atoms with E-state index in [0.29, 0.717) is 13.0 Å². The van der Waals surface area contributed by atoms with E-state index in [-0.39, 0.29) is 12.1 Å². The fraction of sp³-hybridized carbons (Fsp3) is 0.500. The molecule has 1 heterocycles. The number of esters is 1. The lowest BCUT2D eigenvalue weighted by Gasteiger charge is -2.17. The topological polar surface area (TPSA) is 44.8 Å². The second-order valence-corrected chi connectivity index (χ2v) is 4.81. The largest absolute Gasteiger partial charge is 0.469 e. The Bertz CT molecular complexity index is 422. The molecule has 4 heteroatoms. The van der Waals surface area contributed by atoms with Crippen LogP contribution in [0.4, 0.5) is 0 Å². The highest BCUT2D eigenvalue weighted by Crippen LogP contribution is 2.32. The average molecular weight is 250 g/mol. The third-order valence-corrected chi connectivity index (χ3v) is 2.94. The smallest absolute Gasteiger partial charge is 0.309 e. The summed E-state index contributed by atoms with van der Waals surface area (Å²) in [4.78, 5) is 11.1. The van der Waals surface area contributed by atoms with Gasteiger partial charge in [0.2, 0.25) is 0 Å². The van der Waals surface area contributed by atoms with Crippen molar-refractivity contribution >= 4 is 5.97 Å². The molecule has 0 aromatic heterocycles. The summed E-state index contributed by atoms with van der Waals surface area (Å²) < 4.78 is 15.9. The van der Waals surface area contributed by atoms with E-state index in [9.17, 15) is 4.79 Å². The minimum atomic E-state index is -0.518. The number of carbonyl (C=O) groups excluding carboxylic acids is 1. The summed E-state index contributed by atoms with van der Waals surface area (Å²) in [6.45, 7) is 4.36. The lowest BCUT2D eigenvalue weighted by molar-refractivity contribution is -0.140. The number of hydrogen-bond donors (Lipinski definition) is 0. The molecular formula is C14H18O4. The number of ether oxygens (including phenoxy) is 3. The summed E-state index contributed by atoms with van der Waals surface area (Å²) in [5, 5.41) is 0. The Balaban J connectivity index is 2.02. The van der Waals surface area contributed by atoms with Gasteiger partial charge in [0.05, 0.1) is 20.1 Å². The quantitative estimate of drug-likeness (QED) is 0.772. The van der Waals surface area contributed by atoms with Crippen LogP contribution in [-0.4, -0.2) is 25.5 Å². The van der Waals surface area contributed by atoms with Gasteiger partial charge in [0, 0.05) is 0 Å². The van der Waals surface area contributed by atoms with E-state index >= 15 is 0 Å². The zero-order valence-electron chi connectivity index (χ0n) is 10.9. The van der Waals surface area contributed by atoms with Crippen molar-refractivity contribution in [3.05, 3.63) is 35.4 Å². The maximum absolute atomic E-state index is 11.1. The minimum Gasteiger partial charge on any atom is -0.469 e. The molecule has 1 aromatic carbocycles. The molecule has 1 unspecified atom stereocenters. The van der Waals surface area contributed by atoms with Gasteiger partial charge in [-0.2, -0.15) is 0 Å². The van der Waals surface area contributed by atoms with E-state index in [2.05, 4.69) is 4.74 Å². The third kappa shape index (κ3) is 3.09. The SMILES string of the molecule is COC(=O)Cc1ccc(C2COC(C)(C)O2)cc1. The molecule has 0 radical (unpaired) electrons. The molecular weight excluding hydrogens is 232 g/mol. The first-order valence-electron chi connectivity index (χ1n) is 5.97. The van der Waals surface area contributed by atoms with Crippen LogP contribution in [0.15, 0.2) is 24.3 Å². The van der Waals surface area contributed by atoms with Crippen molar-refractivity contribution in [2.24, 2.45) is 0 Å². The van der Waals surface area contributed by atoms with Gasteiger partial charge in [0.25, 0.3) is 0 Å². The Labute approximate surface area is 107 Å². The van der Waals surface area contributed by atoms with E-state index < -0.39 is 5.79 Å². The van der Waals surface area contributed by atoms with Crippen molar-refractivity contribution in [1.29, 1.82) is 0 Å². The summed E-state index contributed by atoms with van der Waals surface area (Å²) in [7, 11) is 1.39. The highest BCUT2D eigenvalue weighted by molar-refractivity contribution is 5.72. The molecule has 0 amide bonds. The van der Waals surface area contributed by atoms with Crippen LogP contribution in [0.1, 0.15) is 31.1 Å². The van der Waals surface area contributed by atoms with Gasteiger partial charge in [-0.15, -0.1) is 0 Å². The van der Waals surface area contributed by atoms with Crippen LogP contribution >= 0.6 is 0 Å². The maximum Gasteiger partial charge on any atom is 0.309 e. The molecule has 1 fully saturated rings. The molecule has 0 saturated carbocycles. The van der Waals surface area contributed by atoms with Crippen molar-refractivity contribution in [2.75, 3.05) is 13.7 Å². The van der Waals surface area contributed by atoms with Gasteiger partial charge in [-0.05, 0) is 25.0 Å². The highest BCUT2D eigenvalue weighted by Gasteiger charge is 2.33. The Morgan fingerprint density at radius 1 is 1.39 bits per heavy atom. The van der Waals surface area contributed by atoms with Crippen molar-refractivity contribution < 1.29 is 19.0 Å². The molecule has 1 saturated heterocycles. The van der Waals surface area contributed by atoms with E-state index in [0.717, 1.165) is 11.1 Å². The molecule has 0 spiro atoms. The highest BCUT2D eigenvalue weighted by atomic mass is 16.7. The van der Waals surface area contributed by atoms with E-state index in [1.165, 1.54) is 7.11 Å². The molecule has 2 rings (SSSR count). The first-order valence-corrected chi connectivity index (χ1v) is 5.97. The second-order valence-electron chi connectivity index (χ2n) is 4.81. The van der Waals surface area contributed by atoms with Crippen LogP contribution in [0.25, 0.3) is 0 Å². The van der Waals surface area contributed by atoms with Crippen molar-refractivity contribution in [2.45, 2.75) is 32.2 Å². The Kier molecular flexibility index (Phi) is 3.68. The first-order chi connectivity index (χ1) is 8.50. The Morgan fingerprint density at radius 2 is 2.06 bits per heavy atom. The third-order valence-electron chi connectivity index (χ3n) is 2.94. The van der Waals surface area contributed by atoms with Crippen LogP contribution in [0.2, 0.25) is 0 Å². The van der Waals surface area contributed by atoms with Gasteiger partial charge in [-0.25, -0.2) is 0 Å². The van der Waals surface area contributed by atoms with Crippen molar-refractivity contribution in [3.63, 3.8) is 0 Å². The molecule has 0 bridgehead atoms. The molecule has 4 nitrogen and oxygen atoms in total. The fourth-order valence-electron chi connectivity index (χ4n) is 1.94. The fourth-order valence-corrected chi connectivity index (χ4v) is 1.94. The minimum absolute atomic E-state index is 0.0350. The summed E-state index contributed by atoms with van der Waals surface area (Å²) >= 11 is 0. The normalized spacial score (nSPS) is 21.8. The molecule has 0 aliphatic carbocycles. The number of benzene rings is 1.